The SMILES string of the molecule is CC1CCCCN1CCC1CCN(c2ccc3ncc([N+](=O)[O-])n3n2)CC1. The van der Waals surface area contributed by atoms with Crippen LogP contribution in [0.15, 0.2) is 18.3 Å². The Kier molecular flexibility index (Phi) is 5.24. The minimum absolute atomic E-state index is 0.0858. The number of anilines is 1. The molecule has 0 spiro atoms. The molecule has 27 heavy (non-hydrogen) atoms. The van der Waals surface area contributed by atoms with Gasteiger partial charge in [0.2, 0.25) is 5.65 Å². The zero-order valence-electron chi connectivity index (χ0n) is 16.0. The molecule has 8 heteroatoms. The standard InChI is InChI=1S/C19H28N6O2/c1-15-4-2-3-10-22(15)11-7-16-8-12-23(13-9-16)18-6-5-17-20-14-19(25(26)27)24(17)21-18/h5-6,14-16H,2-4,7-13H2,1H3. The molecule has 2 aliphatic rings. The molecular formula is C19H28N6O2. The molecular weight excluding hydrogens is 344 g/mol. The van der Waals surface area contributed by atoms with Crippen LogP contribution in [-0.4, -0.2) is 56.6 Å². The lowest BCUT2D eigenvalue weighted by Gasteiger charge is -2.36. The molecule has 1 atom stereocenters. The summed E-state index contributed by atoms with van der Waals surface area (Å²) in [7, 11) is 0. The second-order valence-electron chi connectivity index (χ2n) is 7.93. The second-order valence-corrected chi connectivity index (χ2v) is 7.93. The lowest BCUT2D eigenvalue weighted by Crippen LogP contribution is -2.40. The number of rotatable bonds is 5. The van der Waals surface area contributed by atoms with Crippen molar-refractivity contribution >= 4 is 17.3 Å². The van der Waals surface area contributed by atoms with Crippen molar-refractivity contribution in [2.24, 2.45) is 5.92 Å². The maximum absolute atomic E-state index is 11.1. The quantitative estimate of drug-likeness (QED) is 0.593. The Morgan fingerprint density at radius 1 is 1.19 bits per heavy atom. The summed E-state index contributed by atoms with van der Waals surface area (Å²) in [5.74, 6) is 1.48. The van der Waals surface area contributed by atoms with E-state index >= 15 is 0 Å². The zero-order valence-corrected chi connectivity index (χ0v) is 16.0. The third-order valence-electron chi connectivity index (χ3n) is 6.22. The Balaban J connectivity index is 1.34. The van der Waals surface area contributed by atoms with E-state index in [2.05, 4.69) is 26.8 Å². The van der Waals surface area contributed by atoms with Crippen LogP contribution < -0.4 is 4.90 Å². The van der Waals surface area contributed by atoms with Gasteiger partial charge in [0.05, 0.1) is 0 Å². The highest BCUT2D eigenvalue weighted by atomic mass is 16.6. The highest BCUT2D eigenvalue weighted by Crippen LogP contribution is 2.26. The molecule has 146 valence electrons. The van der Waals surface area contributed by atoms with E-state index in [1.54, 1.807) is 6.07 Å². The smallest absolute Gasteiger partial charge is 0.358 e. The Hall–Kier alpha value is -2.22. The van der Waals surface area contributed by atoms with E-state index in [0.29, 0.717) is 5.65 Å². The number of nitrogens with zero attached hydrogens (tertiary/aromatic N) is 6. The summed E-state index contributed by atoms with van der Waals surface area (Å²) in [5, 5.41) is 15.6. The Morgan fingerprint density at radius 3 is 2.74 bits per heavy atom. The van der Waals surface area contributed by atoms with E-state index in [4.69, 9.17) is 0 Å². The number of likely N-dealkylation sites (tertiary alicyclic amines) is 1. The molecule has 2 fully saturated rings. The fourth-order valence-electron chi connectivity index (χ4n) is 4.43. The van der Waals surface area contributed by atoms with Gasteiger partial charge in [-0.05, 0) is 69.0 Å². The average Bonchev–Trinajstić information content (AvgIpc) is 3.11. The number of hydrogen-bond donors (Lipinski definition) is 0. The fourth-order valence-corrected chi connectivity index (χ4v) is 4.43. The Bertz CT molecular complexity index is 799. The summed E-state index contributed by atoms with van der Waals surface area (Å²) < 4.78 is 1.33. The molecule has 0 N–H and O–H groups in total. The monoisotopic (exact) mass is 372 g/mol. The first-order valence-electron chi connectivity index (χ1n) is 10.1. The molecule has 2 aliphatic heterocycles. The maximum atomic E-state index is 11.1. The van der Waals surface area contributed by atoms with Crippen molar-refractivity contribution in [1.29, 1.82) is 0 Å². The van der Waals surface area contributed by atoms with Crippen molar-refractivity contribution in [1.82, 2.24) is 19.5 Å². The highest BCUT2D eigenvalue weighted by molar-refractivity contribution is 5.49. The van der Waals surface area contributed by atoms with Crippen LogP contribution in [0.3, 0.4) is 0 Å². The van der Waals surface area contributed by atoms with Gasteiger partial charge in [-0.15, -0.1) is 0 Å². The minimum Gasteiger partial charge on any atom is -0.358 e. The van der Waals surface area contributed by atoms with Gasteiger partial charge in [0.15, 0.2) is 5.82 Å². The molecule has 1 unspecified atom stereocenters. The van der Waals surface area contributed by atoms with Crippen molar-refractivity contribution in [3.63, 3.8) is 0 Å². The molecule has 0 radical (unpaired) electrons. The molecule has 2 aromatic heterocycles. The topological polar surface area (TPSA) is 79.8 Å². The molecule has 0 aliphatic carbocycles. The number of piperidine rings is 2. The first kappa shape index (κ1) is 18.2. The van der Waals surface area contributed by atoms with Crippen molar-refractivity contribution in [2.45, 2.75) is 51.5 Å². The number of fused-ring (bicyclic) bond motifs is 1. The first-order chi connectivity index (χ1) is 13.1. The second kappa shape index (κ2) is 7.80. The number of nitro groups is 1. The van der Waals surface area contributed by atoms with Crippen molar-refractivity contribution in [2.75, 3.05) is 31.1 Å². The number of aromatic nitrogens is 3. The minimum atomic E-state index is -0.440. The van der Waals surface area contributed by atoms with E-state index in [-0.39, 0.29) is 5.82 Å². The van der Waals surface area contributed by atoms with Crippen LogP contribution in [0.5, 0.6) is 0 Å². The van der Waals surface area contributed by atoms with Crippen LogP contribution in [0.2, 0.25) is 0 Å². The molecule has 2 aromatic rings. The van der Waals surface area contributed by atoms with Crippen LogP contribution in [0, 0.1) is 16.0 Å². The summed E-state index contributed by atoms with van der Waals surface area (Å²) in [4.78, 5) is 19.6. The van der Waals surface area contributed by atoms with E-state index in [9.17, 15) is 10.1 Å². The third kappa shape index (κ3) is 3.90. The lowest BCUT2D eigenvalue weighted by atomic mass is 9.92. The number of hydrogen-bond acceptors (Lipinski definition) is 6. The van der Waals surface area contributed by atoms with Gasteiger partial charge in [-0.3, -0.25) is 0 Å². The average molecular weight is 372 g/mol. The van der Waals surface area contributed by atoms with Crippen LogP contribution in [0.25, 0.3) is 5.65 Å². The van der Waals surface area contributed by atoms with Crippen LogP contribution in [0.1, 0.15) is 45.4 Å². The molecule has 8 nitrogen and oxygen atoms in total. The molecule has 4 heterocycles. The van der Waals surface area contributed by atoms with Gasteiger partial charge >= 0.3 is 5.82 Å². The Morgan fingerprint density at radius 2 is 2.00 bits per heavy atom. The van der Waals surface area contributed by atoms with E-state index in [1.165, 1.54) is 49.5 Å². The molecule has 4 rings (SSSR count). The van der Waals surface area contributed by atoms with Gasteiger partial charge in [-0.25, -0.2) is 4.98 Å². The summed E-state index contributed by atoms with van der Waals surface area (Å²) in [5.41, 5.74) is 0.510. The molecule has 0 saturated carbocycles. The van der Waals surface area contributed by atoms with Crippen LogP contribution in [-0.2, 0) is 0 Å². The number of imidazole rings is 1. The maximum Gasteiger partial charge on any atom is 0.368 e. The van der Waals surface area contributed by atoms with Crippen LogP contribution in [0.4, 0.5) is 11.6 Å². The predicted molar refractivity (Wildman–Crippen MR) is 104 cm³/mol. The Labute approximate surface area is 159 Å². The normalized spacial score (nSPS) is 22.4. The molecule has 0 amide bonds. The lowest BCUT2D eigenvalue weighted by molar-refractivity contribution is -0.391. The van der Waals surface area contributed by atoms with E-state index in [0.717, 1.165) is 43.7 Å². The fraction of sp³-hybridized carbons (Fsp3) is 0.684. The van der Waals surface area contributed by atoms with Gasteiger partial charge in [0.25, 0.3) is 0 Å². The van der Waals surface area contributed by atoms with E-state index < -0.39 is 4.92 Å². The molecule has 0 aromatic carbocycles. The van der Waals surface area contributed by atoms with Gasteiger partial charge in [0, 0.05) is 25.2 Å². The van der Waals surface area contributed by atoms with Gasteiger partial charge in [-0.2, -0.15) is 0 Å². The van der Waals surface area contributed by atoms with Gasteiger partial charge in [-0.1, -0.05) is 16.0 Å². The largest absolute Gasteiger partial charge is 0.368 e. The van der Waals surface area contributed by atoms with Crippen molar-refractivity contribution in [3.8, 4) is 0 Å². The van der Waals surface area contributed by atoms with E-state index in [1.807, 2.05) is 6.07 Å². The third-order valence-corrected chi connectivity index (χ3v) is 6.22. The highest BCUT2D eigenvalue weighted by Gasteiger charge is 2.24. The van der Waals surface area contributed by atoms with Crippen molar-refractivity contribution in [3.05, 3.63) is 28.4 Å². The first-order valence-corrected chi connectivity index (χ1v) is 10.1. The van der Waals surface area contributed by atoms with Gasteiger partial charge in [0.1, 0.15) is 6.20 Å². The zero-order chi connectivity index (χ0) is 18.8. The summed E-state index contributed by atoms with van der Waals surface area (Å²) in [6.07, 6.45) is 8.92. The van der Waals surface area contributed by atoms with Crippen molar-refractivity contribution < 1.29 is 4.92 Å². The molecule has 2 saturated heterocycles. The van der Waals surface area contributed by atoms with Gasteiger partial charge < -0.3 is 19.9 Å². The predicted octanol–water partition coefficient (Wildman–Crippen LogP) is 3.12. The summed E-state index contributed by atoms with van der Waals surface area (Å²) in [6.45, 7) is 6.76. The summed E-state index contributed by atoms with van der Waals surface area (Å²) >= 11 is 0. The summed E-state index contributed by atoms with van der Waals surface area (Å²) in [6, 6.07) is 4.46. The van der Waals surface area contributed by atoms with Crippen LogP contribution >= 0.6 is 0 Å². The molecule has 0 bridgehead atoms.